The molecule has 2 aromatic rings. The van der Waals surface area contributed by atoms with Crippen molar-refractivity contribution in [2.45, 2.75) is 26.3 Å². The molecule has 1 saturated carbocycles. The smallest absolute Gasteiger partial charge is 0.233 e. The van der Waals surface area contributed by atoms with Crippen LogP contribution in [-0.2, 0) is 16.1 Å². The van der Waals surface area contributed by atoms with E-state index in [1.807, 2.05) is 6.92 Å². The quantitative estimate of drug-likeness (QED) is 0.238. The van der Waals surface area contributed by atoms with Crippen molar-refractivity contribution in [1.82, 2.24) is 15.5 Å². The minimum Gasteiger partial charge on any atom is -0.459 e. The zero-order valence-corrected chi connectivity index (χ0v) is 18.2. The SMILES string of the molecule is CN=C(NCCCN1C(=O)C2C3C=CC(C3)C2C1=O)NCc1oc2ccc(F)cc2c1C. The third kappa shape index (κ3) is 3.38. The van der Waals surface area contributed by atoms with E-state index in [1.54, 1.807) is 13.1 Å². The molecule has 1 saturated heterocycles. The molecule has 32 heavy (non-hydrogen) atoms. The zero-order valence-electron chi connectivity index (χ0n) is 18.2. The number of nitrogens with one attached hydrogen (secondary N) is 2. The Morgan fingerprint density at radius 1 is 1.19 bits per heavy atom. The monoisotopic (exact) mass is 438 g/mol. The van der Waals surface area contributed by atoms with Gasteiger partial charge in [-0.1, -0.05) is 12.2 Å². The summed E-state index contributed by atoms with van der Waals surface area (Å²) in [6, 6.07) is 4.49. The molecular formula is C24H27FN4O3. The average molecular weight is 439 g/mol. The van der Waals surface area contributed by atoms with Crippen molar-refractivity contribution in [2.75, 3.05) is 20.1 Å². The van der Waals surface area contributed by atoms with Crippen LogP contribution in [0.1, 0.15) is 24.2 Å². The number of likely N-dealkylation sites (tertiary alicyclic amines) is 1. The number of carbonyl (C=O) groups excluding carboxylic acids is 2. The van der Waals surface area contributed by atoms with Crippen LogP contribution >= 0.6 is 0 Å². The number of hydrogen-bond donors (Lipinski definition) is 2. The van der Waals surface area contributed by atoms with Crippen LogP contribution < -0.4 is 10.6 Å². The lowest BCUT2D eigenvalue weighted by molar-refractivity contribution is -0.140. The number of guanidine groups is 1. The fourth-order valence-electron chi connectivity index (χ4n) is 5.43. The molecule has 2 aliphatic carbocycles. The molecule has 2 amide bonds. The number of hydrogen-bond acceptors (Lipinski definition) is 4. The summed E-state index contributed by atoms with van der Waals surface area (Å²) < 4.78 is 19.3. The van der Waals surface area contributed by atoms with Gasteiger partial charge < -0.3 is 15.1 Å². The van der Waals surface area contributed by atoms with E-state index in [4.69, 9.17) is 4.42 Å². The number of carbonyl (C=O) groups is 2. The highest BCUT2D eigenvalue weighted by Gasteiger charge is 2.58. The molecule has 2 N–H and O–H groups in total. The van der Waals surface area contributed by atoms with Crippen LogP contribution in [-0.4, -0.2) is 42.8 Å². The first-order valence-electron chi connectivity index (χ1n) is 11.1. The maximum atomic E-state index is 13.5. The molecule has 1 aromatic heterocycles. The molecule has 5 rings (SSSR count). The highest BCUT2D eigenvalue weighted by Crippen LogP contribution is 2.52. The first-order valence-corrected chi connectivity index (χ1v) is 11.1. The molecule has 4 atom stereocenters. The second-order valence-corrected chi connectivity index (χ2v) is 8.82. The van der Waals surface area contributed by atoms with Crippen molar-refractivity contribution < 1.29 is 18.4 Å². The van der Waals surface area contributed by atoms with E-state index in [0.717, 1.165) is 23.1 Å². The molecule has 2 fully saturated rings. The summed E-state index contributed by atoms with van der Waals surface area (Å²) in [4.78, 5) is 31.1. The number of aliphatic imine (C=N–C) groups is 1. The lowest BCUT2D eigenvalue weighted by Crippen LogP contribution is -2.39. The van der Waals surface area contributed by atoms with Gasteiger partial charge in [0.2, 0.25) is 11.8 Å². The van der Waals surface area contributed by atoms with E-state index in [9.17, 15) is 14.0 Å². The number of allylic oxidation sites excluding steroid dienone is 2. The summed E-state index contributed by atoms with van der Waals surface area (Å²) in [5, 5.41) is 7.17. The number of amides is 2. The summed E-state index contributed by atoms with van der Waals surface area (Å²) in [7, 11) is 1.67. The van der Waals surface area contributed by atoms with E-state index >= 15 is 0 Å². The number of furan rings is 1. The Kier molecular flexibility index (Phi) is 5.23. The highest BCUT2D eigenvalue weighted by atomic mass is 19.1. The lowest BCUT2D eigenvalue weighted by Gasteiger charge is -2.18. The fraction of sp³-hybridized carbons (Fsp3) is 0.458. The Labute approximate surface area is 185 Å². The maximum absolute atomic E-state index is 13.5. The van der Waals surface area contributed by atoms with E-state index in [0.29, 0.717) is 37.6 Å². The van der Waals surface area contributed by atoms with Gasteiger partial charge in [-0.3, -0.25) is 19.5 Å². The number of rotatable bonds is 6. The molecule has 2 bridgehead atoms. The third-order valence-corrected chi connectivity index (χ3v) is 7.05. The van der Waals surface area contributed by atoms with Gasteiger partial charge >= 0.3 is 0 Å². The first kappa shape index (κ1) is 20.7. The van der Waals surface area contributed by atoms with Gasteiger partial charge in [0, 0.05) is 31.1 Å². The number of aryl methyl sites for hydroxylation is 1. The number of halogens is 1. The molecule has 1 aromatic carbocycles. The molecule has 4 unspecified atom stereocenters. The molecular weight excluding hydrogens is 411 g/mol. The van der Waals surface area contributed by atoms with Crippen LogP contribution in [0.15, 0.2) is 39.8 Å². The van der Waals surface area contributed by atoms with Crippen LogP contribution in [0.5, 0.6) is 0 Å². The number of fused-ring (bicyclic) bond motifs is 6. The molecule has 7 nitrogen and oxygen atoms in total. The van der Waals surface area contributed by atoms with Gasteiger partial charge in [-0.15, -0.1) is 0 Å². The molecule has 2 heterocycles. The number of nitrogens with zero attached hydrogens (tertiary/aromatic N) is 2. The maximum Gasteiger partial charge on any atom is 0.233 e. The van der Waals surface area contributed by atoms with Gasteiger partial charge in [0.05, 0.1) is 18.4 Å². The van der Waals surface area contributed by atoms with Gasteiger partial charge in [-0.2, -0.15) is 0 Å². The summed E-state index contributed by atoms with van der Waals surface area (Å²) in [6.45, 7) is 3.30. The predicted octanol–water partition coefficient (Wildman–Crippen LogP) is 2.74. The molecule has 1 aliphatic heterocycles. The van der Waals surface area contributed by atoms with E-state index in [-0.39, 0.29) is 41.3 Å². The molecule has 168 valence electrons. The third-order valence-electron chi connectivity index (χ3n) is 7.05. The minimum atomic E-state index is -0.291. The van der Waals surface area contributed by atoms with Crippen LogP contribution in [0.3, 0.4) is 0 Å². The number of imide groups is 1. The Morgan fingerprint density at radius 2 is 1.91 bits per heavy atom. The van der Waals surface area contributed by atoms with Crippen molar-refractivity contribution in [3.8, 4) is 0 Å². The minimum absolute atomic E-state index is 0.00356. The van der Waals surface area contributed by atoms with Crippen LogP contribution in [0, 0.1) is 36.4 Å². The molecule has 0 radical (unpaired) electrons. The van der Waals surface area contributed by atoms with Crippen LogP contribution in [0.4, 0.5) is 4.39 Å². The van der Waals surface area contributed by atoms with Crippen molar-refractivity contribution in [2.24, 2.45) is 28.7 Å². The van der Waals surface area contributed by atoms with E-state index < -0.39 is 0 Å². The first-order chi connectivity index (χ1) is 15.5. The Hall–Kier alpha value is -3.16. The topological polar surface area (TPSA) is 86.9 Å². The largest absolute Gasteiger partial charge is 0.459 e. The second-order valence-electron chi connectivity index (χ2n) is 8.82. The van der Waals surface area contributed by atoms with Crippen molar-refractivity contribution >= 4 is 28.7 Å². The Bertz CT molecular complexity index is 1110. The second kappa shape index (κ2) is 8.07. The zero-order chi connectivity index (χ0) is 22.4. The van der Waals surface area contributed by atoms with Crippen LogP contribution in [0.25, 0.3) is 11.0 Å². The van der Waals surface area contributed by atoms with Gasteiger partial charge in [0.15, 0.2) is 5.96 Å². The Morgan fingerprint density at radius 3 is 2.59 bits per heavy atom. The number of benzene rings is 1. The van der Waals surface area contributed by atoms with Crippen molar-refractivity contribution in [3.63, 3.8) is 0 Å². The molecule has 8 heteroatoms. The lowest BCUT2D eigenvalue weighted by atomic mass is 9.85. The standard InChI is InChI=1S/C24H27FN4O3/c1-13-17-11-16(25)6-7-18(17)32-19(13)12-28-24(26-2)27-8-3-9-29-22(30)20-14-4-5-15(10-14)21(20)23(29)31/h4-7,11,14-15,20-21H,3,8-10,12H2,1-2H3,(H2,26,27,28). The fourth-order valence-corrected chi connectivity index (χ4v) is 5.43. The van der Waals surface area contributed by atoms with Gasteiger partial charge in [-0.05, 0) is 49.8 Å². The van der Waals surface area contributed by atoms with Gasteiger partial charge in [0.25, 0.3) is 0 Å². The highest BCUT2D eigenvalue weighted by molar-refractivity contribution is 6.06. The van der Waals surface area contributed by atoms with Crippen LogP contribution in [0.2, 0.25) is 0 Å². The molecule has 3 aliphatic rings. The summed E-state index contributed by atoms with van der Waals surface area (Å²) in [6.07, 6.45) is 5.81. The molecule has 0 spiro atoms. The van der Waals surface area contributed by atoms with Crippen molar-refractivity contribution in [3.05, 3.63) is 47.5 Å². The van der Waals surface area contributed by atoms with Gasteiger partial charge in [0.1, 0.15) is 17.2 Å². The Balaban J connectivity index is 1.11. The van der Waals surface area contributed by atoms with E-state index in [2.05, 4.69) is 27.8 Å². The van der Waals surface area contributed by atoms with Crippen molar-refractivity contribution in [1.29, 1.82) is 0 Å². The summed E-state index contributed by atoms with van der Waals surface area (Å²) >= 11 is 0. The summed E-state index contributed by atoms with van der Waals surface area (Å²) in [5.41, 5.74) is 1.54. The average Bonchev–Trinajstić information content (AvgIpc) is 3.53. The summed E-state index contributed by atoms with van der Waals surface area (Å²) in [5.74, 6) is 1.22. The van der Waals surface area contributed by atoms with Gasteiger partial charge in [-0.25, -0.2) is 4.39 Å². The normalized spacial score (nSPS) is 26.5. The predicted molar refractivity (Wildman–Crippen MR) is 118 cm³/mol. The van der Waals surface area contributed by atoms with E-state index in [1.165, 1.54) is 17.0 Å².